The average Bonchev–Trinajstić information content (AvgIpc) is 2.95. The van der Waals surface area contributed by atoms with Crippen molar-refractivity contribution in [2.45, 2.75) is 19.9 Å². The molecule has 0 amide bonds. The number of halogens is 1. The maximum Gasteiger partial charge on any atom is 0.162 e. The highest BCUT2D eigenvalue weighted by molar-refractivity contribution is 7.10. The van der Waals surface area contributed by atoms with E-state index in [-0.39, 0.29) is 6.04 Å². The number of thiophene rings is 1. The molecule has 0 saturated carbocycles. The number of benzene rings is 1. The summed E-state index contributed by atoms with van der Waals surface area (Å²) in [6, 6.07) is 7.38. The lowest BCUT2D eigenvalue weighted by molar-refractivity contribution is 0.287. The summed E-state index contributed by atoms with van der Waals surface area (Å²) >= 11 is 7.95. The fourth-order valence-corrected chi connectivity index (χ4v) is 2.96. The molecule has 5 heteroatoms. The molecular formula is C15H18ClNO2S. The predicted molar refractivity (Wildman–Crippen MR) is 84.1 cm³/mol. The first-order valence-electron chi connectivity index (χ1n) is 6.55. The van der Waals surface area contributed by atoms with Crippen molar-refractivity contribution in [3.05, 3.63) is 45.1 Å². The molecule has 2 rings (SSSR count). The van der Waals surface area contributed by atoms with Crippen LogP contribution in [0.1, 0.15) is 30.3 Å². The van der Waals surface area contributed by atoms with Gasteiger partial charge in [-0.2, -0.15) is 0 Å². The molecule has 0 bridgehead atoms. The second-order valence-corrected chi connectivity index (χ2v) is 5.57. The van der Waals surface area contributed by atoms with Crippen molar-refractivity contribution in [1.82, 2.24) is 0 Å². The van der Waals surface area contributed by atoms with Crippen molar-refractivity contribution < 1.29 is 9.47 Å². The van der Waals surface area contributed by atoms with E-state index in [0.29, 0.717) is 29.7 Å². The molecule has 3 nitrogen and oxygen atoms in total. The Balaban J connectivity index is 2.40. The van der Waals surface area contributed by atoms with Crippen LogP contribution in [-0.2, 0) is 0 Å². The smallest absolute Gasteiger partial charge is 0.162 e. The van der Waals surface area contributed by atoms with E-state index in [4.69, 9.17) is 26.8 Å². The van der Waals surface area contributed by atoms with Crippen molar-refractivity contribution >= 4 is 22.9 Å². The van der Waals surface area contributed by atoms with E-state index in [9.17, 15) is 0 Å². The molecule has 1 aromatic heterocycles. The Kier molecular flexibility index (Phi) is 5.29. The van der Waals surface area contributed by atoms with Crippen LogP contribution in [0.2, 0.25) is 5.02 Å². The van der Waals surface area contributed by atoms with Gasteiger partial charge in [-0.25, -0.2) is 0 Å². The fraction of sp³-hybridized carbons (Fsp3) is 0.333. The highest BCUT2D eigenvalue weighted by Crippen LogP contribution is 2.38. The molecule has 1 heterocycles. The van der Waals surface area contributed by atoms with E-state index >= 15 is 0 Å². The summed E-state index contributed by atoms with van der Waals surface area (Å²) in [5.41, 5.74) is 7.13. The number of hydrogen-bond acceptors (Lipinski definition) is 4. The normalized spacial score (nSPS) is 12.2. The van der Waals surface area contributed by atoms with Gasteiger partial charge in [-0.3, -0.25) is 0 Å². The molecular weight excluding hydrogens is 294 g/mol. The van der Waals surface area contributed by atoms with Crippen LogP contribution in [0.5, 0.6) is 11.5 Å². The van der Waals surface area contributed by atoms with Crippen LogP contribution in [0.4, 0.5) is 0 Å². The Bertz CT molecular complexity index is 557. The third-order valence-electron chi connectivity index (χ3n) is 2.85. The molecule has 0 aliphatic carbocycles. The fourth-order valence-electron chi connectivity index (χ4n) is 1.95. The van der Waals surface area contributed by atoms with Gasteiger partial charge in [0.1, 0.15) is 0 Å². The average molecular weight is 312 g/mol. The molecule has 0 spiro atoms. The maximum atomic E-state index is 6.34. The zero-order chi connectivity index (χ0) is 14.5. The summed E-state index contributed by atoms with van der Waals surface area (Å²) in [5.74, 6) is 1.34. The van der Waals surface area contributed by atoms with Crippen LogP contribution in [0.3, 0.4) is 0 Å². The minimum absolute atomic E-state index is 0.252. The zero-order valence-electron chi connectivity index (χ0n) is 11.6. The minimum Gasteiger partial charge on any atom is -0.490 e. The van der Waals surface area contributed by atoms with Crippen molar-refractivity contribution in [1.29, 1.82) is 0 Å². The number of ether oxygens (including phenoxy) is 2. The molecule has 108 valence electrons. The van der Waals surface area contributed by atoms with Crippen molar-refractivity contribution in [3.63, 3.8) is 0 Å². The van der Waals surface area contributed by atoms with Gasteiger partial charge in [0.2, 0.25) is 0 Å². The highest BCUT2D eigenvalue weighted by Gasteiger charge is 2.18. The van der Waals surface area contributed by atoms with Gasteiger partial charge >= 0.3 is 0 Å². The summed E-state index contributed by atoms with van der Waals surface area (Å²) < 4.78 is 11.2. The molecule has 0 aliphatic rings. The van der Waals surface area contributed by atoms with Gasteiger partial charge in [0.15, 0.2) is 11.5 Å². The topological polar surface area (TPSA) is 44.5 Å². The number of hydrogen-bond donors (Lipinski definition) is 1. The Morgan fingerprint density at radius 2 is 1.85 bits per heavy atom. The van der Waals surface area contributed by atoms with Gasteiger partial charge in [0.05, 0.1) is 19.3 Å². The Morgan fingerprint density at radius 3 is 2.40 bits per heavy atom. The summed E-state index contributed by atoms with van der Waals surface area (Å²) in [6.07, 6.45) is 0. The van der Waals surface area contributed by atoms with Crippen LogP contribution in [0.15, 0.2) is 29.6 Å². The molecule has 0 radical (unpaired) electrons. The van der Waals surface area contributed by atoms with Crippen LogP contribution in [-0.4, -0.2) is 13.2 Å². The third kappa shape index (κ3) is 3.26. The monoisotopic (exact) mass is 311 g/mol. The highest BCUT2D eigenvalue weighted by atomic mass is 35.5. The summed E-state index contributed by atoms with van der Waals surface area (Å²) in [6.45, 7) is 4.99. The quantitative estimate of drug-likeness (QED) is 0.867. The maximum absolute atomic E-state index is 6.34. The third-order valence-corrected chi connectivity index (χ3v) is 4.13. The Hall–Kier alpha value is -1.23. The van der Waals surface area contributed by atoms with Crippen molar-refractivity contribution in [2.75, 3.05) is 13.2 Å². The van der Waals surface area contributed by atoms with Crippen LogP contribution >= 0.6 is 22.9 Å². The van der Waals surface area contributed by atoms with Crippen molar-refractivity contribution in [3.8, 4) is 11.5 Å². The van der Waals surface area contributed by atoms with Crippen molar-refractivity contribution in [2.24, 2.45) is 5.73 Å². The van der Waals surface area contributed by atoms with E-state index in [1.54, 1.807) is 17.4 Å². The molecule has 2 aromatic rings. The number of nitrogens with two attached hydrogens (primary N) is 1. The minimum atomic E-state index is -0.252. The first kappa shape index (κ1) is 15.2. The number of rotatable bonds is 6. The first-order chi connectivity index (χ1) is 9.67. The Labute approximate surface area is 128 Å². The van der Waals surface area contributed by atoms with Gasteiger partial charge in [0.25, 0.3) is 0 Å². The molecule has 0 saturated heterocycles. The van der Waals surface area contributed by atoms with E-state index in [1.807, 2.05) is 37.4 Å². The lowest BCUT2D eigenvalue weighted by Gasteiger charge is -2.17. The van der Waals surface area contributed by atoms with Crippen LogP contribution < -0.4 is 15.2 Å². The van der Waals surface area contributed by atoms with Gasteiger partial charge in [0, 0.05) is 16.0 Å². The van der Waals surface area contributed by atoms with E-state index < -0.39 is 0 Å². The Morgan fingerprint density at radius 1 is 1.20 bits per heavy atom. The van der Waals surface area contributed by atoms with Gasteiger partial charge in [-0.1, -0.05) is 17.7 Å². The largest absolute Gasteiger partial charge is 0.490 e. The summed E-state index contributed by atoms with van der Waals surface area (Å²) in [7, 11) is 0. The molecule has 1 aromatic carbocycles. The lowest BCUT2D eigenvalue weighted by atomic mass is 10.1. The van der Waals surface area contributed by atoms with Gasteiger partial charge in [-0.15, -0.1) is 11.3 Å². The zero-order valence-corrected chi connectivity index (χ0v) is 13.1. The first-order valence-corrected chi connectivity index (χ1v) is 7.81. The van der Waals surface area contributed by atoms with Gasteiger partial charge in [-0.05, 0) is 36.9 Å². The second-order valence-electron chi connectivity index (χ2n) is 4.18. The summed E-state index contributed by atoms with van der Waals surface area (Å²) in [5, 5.41) is 2.60. The second kappa shape index (κ2) is 6.97. The summed E-state index contributed by atoms with van der Waals surface area (Å²) in [4.78, 5) is 1.07. The van der Waals surface area contributed by atoms with Crippen LogP contribution in [0, 0.1) is 0 Å². The van der Waals surface area contributed by atoms with Crippen LogP contribution in [0.25, 0.3) is 0 Å². The molecule has 0 fully saturated rings. The molecule has 2 N–H and O–H groups in total. The van der Waals surface area contributed by atoms with E-state index in [2.05, 4.69) is 0 Å². The molecule has 1 atom stereocenters. The predicted octanol–water partition coefficient (Wildman–Crippen LogP) is 4.25. The standard InChI is InChI=1S/C15H18ClNO2S/c1-3-18-12-8-10(11(16)9-13(12)19-4-2)15(17)14-6-5-7-20-14/h5-9,15H,3-4,17H2,1-2H3. The molecule has 0 aliphatic heterocycles. The van der Waals surface area contributed by atoms with E-state index in [0.717, 1.165) is 10.4 Å². The van der Waals surface area contributed by atoms with E-state index in [1.165, 1.54) is 0 Å². The molecule has 20 heavy (non-hydrogen) atoms. The van der Waals surface area contributed by atoms with Gasteiger partial charge < -0.3 is 15.2 Å². The lowest BCUT2D eigenvalue weighted by Crippen LogP contribution is -2.11. The SMILES string of the molecule is CCOc1cc(Cl)c(C(N)c2cccs2)cc1OCC. The molecule has 1 unspecified atom stereocenters.